The van der Waals surface area contributed by atoms with Crippen molar-refractivity contribution >= 4 is 27.5 Å². The first-order valence-electron chi connectivity index (χ1n) is 5.45. The van der Waals surface area contributed by atoms with E-state index in [1.807, 2.05) is 32.0 Å². The van der Waals surface area contributed by atoms with Gasteiger partial charge in [-0.15, -0.1) is 0 Å². The molecule has 0 saturated carbocycles. The molecule has 1 aromatic rings. The molecule has 0 aromatic heterocycles. The van der Waals surface area contributed by atoms with Crippen LogP contribution in [0, 0.1) is 0 Å². The third-order valence-electron chi connectivity index (χ3n) is 2.23. The van der Waals surface area contributed by atoms with Gasteiger partial charge < -0.3 is 15.4 Å². The molecule has 94 valence electrons. The first-order chi connectivity index (χ1) is 8.06. The second-order valence-corrected chi connectivity index (χ2v) is 4.56. The van der Waals surface area contributed by atoms with Crippen LogP contribution < -0.4 is 15.4 Å². The molecule has 0 bridgehead atoms. The summed E-state index contributed by atoms with van der Waals surface area (Å²) in [6.45, 7) is 4.35. The SMILES string of the molecule is CCNC(=O)C(C)Nc1cc(Br)cc(OC)c1. The van der Waals surface area contributed by atoms with E-state index in [0.717, 1.165) is 15.9 Å². The predicted molar refractivity (Wildman–Crippen MR) is 72.5 cm³/mol. The van der Waals surface area contributed by atoms with E-state index in [4.69, 9.17) is 4.74 Å². The molecule has 0 spiro atoms. The Morgan fingerprint density at radius 2 is 2.18 bits per heavy atom. The van der Waals surface area contributed by atoms with Crippen molar-refractivity contribution in [2.45, 2.75) is 19.9 Å². The van der Waals surface area contributed by atoms with Crippen molar-refractivity contribution in [1.82, 2.24) is 5.32 Å². The van der Waals surface area contributed by atoms with Crippen LogP contribution in [0.15, 0.2) is 22.7 Å². The van der Waals surface area contributed by atoms with E-state index in [2.05, 4.69) is 26.6 Å². The van der Waals surface area contributed by atoms with Crippen molar-refractivity contribution in [3.8, 4) is 5.75 Å². The second-order valence-electron chi connectivity index (χ2n) is 3.64. The molecule has 17 heavy (non-hydrogen) atoms. The van der Waals surface area contributed by atoms with Crippen LogP contribution in [0.1, 0.15) is 13.8 Å². The molecule has 5 heteroatoms. The number of hydrogen-bond acceptors (Lipinski definition) is 3. The van der Waals surface area contributed by atoms with E-state index in [1.54, 1.807) is 7.11 Å². The minimum absolute atomic E-state index is 0.0218. The van der Waals surface area contributed by atoms with Crippen molar-refractivity contribution < 1.29 is 9.53 Å². The first-order valence-corrected chi connectivity index (χ1v) is 6.25. The Hall–Kier alpha value is -1.23. The monoisotopic (exact) mass is 300 g/mol. The standard InChI is InChI=1S/C12H17BrN2O2/c1-4-14-12(16)8(2)15-10-5-9(13)6-11(7-10)17-3/h5-8,15H,4H2,1-3H3,(H,14,16). The fraction of sp³-hybridized carbons (Fsp3) is 0.417. The van der Waals surface area contributed by atoms with Gasteiger partial charge in [-0.3, -0.25) is 4.79 Å². The molecule has 0 heterocycles. The van der Waals surface area contributed by atoms with Crippen molar-refractivity contribution in [3.63, 3.8) is 0 Å². The van der Waals surface area contributed by atoms with Gasteiger partial charge in [-0.2, -0.15) is 0 Å². The minimum Gasteiger partial charge on any atom is -0.497 e. The van der Waals surface area contributed by atoms with Gasteiger partial charge in [0.15, 0.2) is 0 Å². The summed E-state index contributed by atoms with van der Waals surface area (Å²) in [5.41, 5.74) is 0.843. The lowest BCUT2D eigenvalue weighted by atomic mass is 10.2. The summed E-state index contributed by atoms with van der Waals surface area (Å²) >= 11 is 3.39. The number of likely N-dealkylation sites (N-methyl/N-ethyl adjacent to an activating group) is 1. The van der Waals surface area contributed by atoms with Gasteiger partial charge in [0.05, 0.1) is 7.11 Å². The van der Waals surface area contributed by atoms with Crippen LogP contribution in [0.5, 0.6) is 5.75 Å². The van der Waals surface area contributed by atoms with Crippen molar-refractivity contribution in [2.24, 2.45) is 0 Å². The number of rotatable bonds is 5. The normalized spacial score (nSPS) is 11.8. The molecule has 0 radical (unpaired) electrons. The molecule has 1 rings (SSSR count). The van der Waals surface area contributed by atoms with Gasteiger partial charge >= 0.3 is 0 Å². The van der Waals surface area contributed by atoms with Crippen LogP contribution in [0.25, 0.3) is 0 Å². The number of carbonyl (C=O) groups is 1. The van der Waals surface area contributed by atoms with Crippen LogP contribution in [-0.2, 0) is 4.79 Å². The zero-order valence-electron chi connectivity index (χ0n) is 10.2. The van der Waals surface area contributed by atoms with Gasteiger partial charge in [0.1, 0.15) is 11.8 Å². The Labute approximate surface area is 110 Å². The number of benzene rings is 1. The number of carbonyl (C=O) groups excluding carboxylic acids is 1. The molecular formula is C12H17BrN2O2. The van der Waals surface area contributed by atoms with Crippen molar-refractivity contribution in [1.29, 1.82) is 0 Å². The summed E-state index contributed by atoms with van der Waals surface area (Å²) in [5.74, 6) is 0.719. The highest BCUT2D eigenvalue weighted by Gasteiger charge is 2.11. The lowest BCUT2D eigenvalue weighted by Gasteiger charge is -2.15. The minimum atomic E-state index is -0.283. The zero-order valence-corrected chi connectivity index (χ0v) is 11.8. The van der Waals surface area contributed by atoms with Gasteiger partial charge in [-0.1, -0.05) is 15.9 Å². The molecular weight excluding hydrogens is 284 g/mol. The summed E-state index contributed by atoms with van der Waals surface area (Å²) in [6, 6.07) is 5.33. The molecule has 4 nitrogen and oxygen atoms in total. The maximum absolute atomic E-state index is 11.6. The van der Waals surface area contributed by atoms with Gasteiger partial charge in [0.2, 0.25) is 5.91 Å². The quantitative estimate of drug-likeness (QED) is 0.878. The lowest BCUT2D eigenvalue weighted by Crippen LogP contribution is -2.37. The second kappa shape index (κ2) is 6.49. The van der Waals surface area contributed by atoms with Crippen molar-refractivity contribution in [3.05, 3.63) is 22.7 Å². The van der Waals surface area contributed by atoms with Gasteiger partial charge in [0, 0.05) is 22.8 Å². The van der Waals surface area contributed by atoms with E-state index in [1.165, 1.54) is 0 Å². The number of amides is 1. The number of anilines is 1. The molecule has 1 unspecified atom stereocenters. The largest absolute Gasteiger partial charge is 0.497 e. The molecule has 1 atom stereocenters. The van der Waals surface area contributed by atoms with Crippen LogP contribution >= 0.6 is 15.9 Å². The van der Waals surface area contributed by atoms with Crippen molar-refractivity contribution in [2.75, 3.05) is 19.0 Å². The topological polar surface area (TPSA) is 50.4 Å². The Morgan fingerprint density at radius 1 is 1.47 bits per heavy atom. The van der Waals surface area contributed by atoms with Gasteiger partial charge in [-0.05, 0) is 26.0 Å². The number of nitrogens with one attached hydrogen (secondary N) is 2. The fourth-order valence-corrected chi connectivity index (χ4v) is 1.88. The first kappa shape index (κ1) is 13.8. The summed E-state index contributed by atoms with van der Waals surface area (Å²) in [4.78, 5) is 11.6. The predicted octanol–water partition coefficient (Wildman–Crippen LogP) is 2.39. The molecule has 2 N–H and O–H groups in total. The molecule has 0 aliphatic carbocycles. The summed E-state index contributed by atoms with van der Waals surface area (Å²) < 4.78 is 6.06. The lowest BCUT2D eigenvalue weighted by molar-refractivity contribution is -0.121. The van der Waals surface area contributed by atoms with Gasteiger partial charge in [0.25, 0.3) is 0 Å². The highest BCUT2D eigenvalue weighted by molar-refractivity contribution is 9.10. The van der Waals surface area contributed by atoms with Crippen LogP contribution in [-0.4, -0.2) is 25.6 Å². The molecule has 0 fully saturated rings. The Balaban J connectivity index is 2.73. The number of methoxy groups -OCH3 is 1. The summed E-state index contributed by atoms with van der Waals surface area (Å²) in [7, 11) is 1.61. The Kier molecular flexibility index (Phi) is 5.28. The Bertz CT molecular complexity index is 396. The number of halogens is 1. The average molecular weight is 301 g/mol. The van der Waals surface area contributed by atoms with Crippen LogP contribution in [0.3, 0.4) is 0 Å². The average Bonchev–Trinajstić information content (AvgIpc) is 2.28. The van der Waals surface area contributed by atoms with E-state index in [9.17, 15) is 4.79 Å². The molecule has 1 amide bonds. The summed E-state index contributed by atoms with van der Waals surface area (Å²) in [6.07, 6.45) is 0. The molecule has 1 aromatic carbocycles. The number of hydrogen-bond donors (Lipinski definition) is 2. The maximum Gasteiger partial charge on any atom is 0.242 e. The molecule has 0 aliphatic heterocycles. The fourth-order valence-electron chi connectivity index (χ4n) is 1.41. The maximum atomic E-state index is 11.6. The van der Waals surface area contributed by atoms with Gasteiger partial charge in [-0.25, -0.2) is 0 Å². The van der Waals surface area contributed by atoms with Crippen LogP contribution in [0.4, 0.5) is 5.69 Å². The smallest absolute Gasteiger partial charge is 0.242 e. The van der Waals surface area contributed by atoms with E-state index < -0.39 is 0 Å². The van der Waals surface area contributed by atoms with E-state index in [0.29, 0.717) is 6.54 Å². The van der Waals surface area contributed by atoms with E-state index >= 15 is 0 Å². The zero-order chi connectivity index (χ0) is 12.8. The number of ether oxygens (including phenoxy) is 1. The Morgan fingerprint density at radius 3 is 2.76 bits per heavy atom. The molecule has 0 aliphatic rings. The highest BCUT2D eigenvalue weighted by atomic mass is 79.9. The highest BCUT2D eigenvalue weighted by Crippen LogP contribution is 2.24. The third kappa shape index (κ3) is 4.26. The molecule has 0 saturated heterocycles. The van der Waals surface area contributed by atoms with Crippen LogP contribution in [0.2, 0.25) is 0 Å². The van der Waals surface area contributed by atoms with E-state index in [-0.39, 0.29) is 11.9 Å². The summed E-state index contributed by atoms with van der Waals surface area (Å²) in [5, 5.41) is 5.88. The third-order valence-corrected chi connectivity index (χ3v) is 2.69.